The molecule has 5 heteroatoms. The zero-order valence-electron chi connectivity index (χ0n) is 17.1. The Hall–Kier alpha value is -1.91. The maximum atomic E-state index is 13.2. The van der Waals surface area contributed by atoms with Gasteiger partial charge in [0, 0.05) is 38.2 Å². The molecular weight excluding hydrogens is 367 g/mol. The molecule has 4 bridgehead atoms. The fourth-order valence-electron chi connectivity index (χ4n) is 7.08. The van der Waals surface area contributed by atoms with Crippen molar-refractivity contribution in [2.24, 2.45) is 23.2 Å². The molecule has 1 saturated heterocycles. The van der Waals surface area contributed by atoms with Gasteiger partial charge >= 0.3 is 0 Å². The highest BCUT2D eigenvalue weighted by Gasteiger charge is 2.51. The van der Waals surface area contributed by atoms with Crippen LogP contribution in [-0.4, -0.2) is 47.8 Å². The number of nitrogens with zero attached hydrogens (tertiary/aromatic N) is 2. The lowest BCUT2D eigenvalue weighted by molar-refractivity contribution is -0.139. The average molecular weight is 399 g/mol. The Kier molecular flexibility index (Phi) is 4.87. The third-order valence-electron chi connectivity index (χ3n) is 7.92. The topological polar surface area (TPSA) is 40.6 Å². The van der Waals surface area contributed by atoms with E-state index < -0.39 is 0 Å². The van der Waals surface area contributed by atoms with Gasteiger partial charge in [-0.05, 0) is 92.4 Å². The van der Waals surface area contributed by atoms with Crippen LogP contribution in [0, 0.1) is 29.0 Å². The summed E-state index contributed by atoms with van der Waals surface area (Å²) in [6.45, 7) is 2.55. The van der Waals surface area contributed by atoms with Crippen molar-refractivity contribution in [3.05, 3.63) is 35.6 Å². The van der Waals surface area contributed by atoms with Gasteiger partial charge in [0.15, 0.2) is 0 Å². The summed E-state index contributed by atoms with van der Waals surface area (Å²) in [7, 11) is 0. The Morgan fingerprint density at radius 1 is 0.862 bits per heavy atom. The van der Waals surface area contributed by atoms with E-state index >= 15 is 0 Å². The molecule has 1 aromatic rings. The Bertz CT molecular complexity index is 755. The van der Waals surface area contributed by atoms with Crippen molar-refractivity contribution in [1.29, 1.82) is 0 Å². The molecule has 1 aliphatic heterocycles. The summed E-state index contributed by atoms with van der Waals surface area (Å²) in [6, 6.07) is 5.73. The van der Waals surface area contributed by atoms with Gasteiger partial charge in [0.05, 0.1) is 0 Å². The van der Waals surface area contributed by atoms with Crippen molar-refractivity contribution >= 4 is 11.8 Å². The van der Waals surface area contributed by atoms with E-state index in [2.05, 4.69) is 0 Å². The third-order valence-corrected chi connectivity index (χ3v) is 7.92. The van der Waals surface area contributed by atoms with Crippen LogP contribution in [0.4, 0.5) is 4.39 Å². The molecule has 5 fully saturated rings. The van der Waals surface area contributed by atoms with Crippen LogP contribution in [0.25, 0.3) is 0 Å². The third kappa shape index (κ3) is 3.80. The maximum Gasteiger partial charge on any atom is 0.253 e. The highest BCUT2D eigenvalue weighted by molar-refractivity contribution is 5.94. The maximum absolute atomic E-state index is 13.2. The van der Waals surface area contributed by atoms with E-state index in [-0.39, 0.29) is 17.1 Å². The number of amides is 2. The van der Waals surface area contributed by atoms with Gasteiger partial charge in [-0.3, -0.25) is 9.59 Å². The fraction of sp³-hybridized carbons (Fsp3) is 0.667. The minimum absolute atomic E-state index is 0.0691. The van der Waals surface area contributed by atoms with Gasteiger partial charge in [-0.1, -0.05) is 0 Å². The van der Waals surface area contributed by atoms with Crippen LogP contribution in [0.15, 0.2) is 24.3 Å². The SMILES string of the molecule is O=C(CC12CC3CC(CC(C3)C1)C2)N1CCCN(C(=O)c2ccc(F)cc2)CC1. The summed E-state index contributed by atoms with van der Waals surface area (Å²) in [5.74, 6) is 2.48. The van der Waals surface area contributed by atoms with E-state index in [1.54, 1.807) is 12.1 Å². The second-order valence-electron chi connectivity index (χ2n) is 10.1. The largest absolute Gasteiger partial charge is 0.341 e. The molecule has 29 heavy (non-hydrogen) atoms. The quantitative estimate of drug-likeness (QED) is 0.769. The van der Waals surface area contributed by atoms with Crippen molar-refractivity contribution in [3.63, 3.8) is 0 Å². The molecule has 4 aliphatic carbocycles. The predicted molar refractivity (Wildman–Crippen MR) is 109 cm³/mol. The summed E-state index contributed by atoms with van der Waals surface area (Å²) in [5, 5.41) is 0. The normalized spacial score (nSPS) is 33.6. The second-order valence-corrected chi connectivity index (χ2v) is 10.1. The van der Waals surface area contributed by atoms with Crippen molar-refractivity contribution in [2.75, 3.05) is 26.2 Å². The van der Waals surface area contributed by atoms with Crippen LogP contribution in [-0.2, 0) is 4.79 Å². The molecule has 4 nitrogen and oxygen atoms in total. The summed E-state index contributed by atoms with van der Waals surface area (Å²) in [6.07, 6.45) is 9.49. The zero-order valence-corrected chi connectivity index (χ0v) is 17.1. The van der Waals surface area contributed by atoms with Gasteiger partial charge < -0.3 is 9.80 Å². The van der Waals surface area contributed by atoms with Gasteiger partial charge in [-0.25, -0.2) is 4.39 Å². The molecular formula is C24H31FN2O2. The Labute approximate surface area is 172 Å². The summed E-state index contributed by atoms with van der Waals surface area (Å²) in [4.78, 5) is 29.7. The number of hydrogen-bond donors (Lipinski definition) is 0. The highest BCUT2D eigenvalue weighted by Crippen LogP contribution is 2.61. The summed E-state index contributed by atoms with van der Waals surface area (Å²) < 4.78 is 13.1. The van der Waals surface area contributed by atoms with Gasteiger partial charge in [-0.2, -0.15) is 0 Å². The summed E-state index contributed by atoms with van der Waals surface area (Å²) >= 11 is 0. The van der Waals surface area contributed by atoms with E-state index in [0.717, 1.165) is 30.7 Å². The number of carbonyl (C=O) groups excluding carboxylic acids is 2. The minimum Gasteiger partial charge on any atom is -0.341 e. The minimum atomic E-state index is -0.334. The lowest BCUT2D eigenvalue weighted by Crippen LogP contribution is -2.48. The van der Waals surface area contributed by atoms with Crippen molar-refractivity contribution in [3.8, 4) is 0 Å². The van der Waals surface area contributed by atoms with Gasteiger partial charge in [0.1, 0.15) is 5.82 Å². The van der Waals surface area contributed by atoms with Crippen molar-refractivity contribution in [2.45, 2.75) is 51.4 Å². The molecule has 0 atom stereocenters. The number of rotatable bonds is 3. The molecule has 6 rings (SSSR count). The Balaban J connectivity index is 1.20. The first kappa shape index (κ1) is 19.1. The van der Waals surface area contributed by atoms with Crippen molar-refractivity contribution < 1.29 is 14.0 Å². The first-order valence-electron chi connectivity index (χ1n) is 11.3. The van der Waals surface area contributed by atoms with Crippen LogP contribution in [0.5, 0.6) is 0 Å². The van der Waals surface area contributed by atoms with Crippen LogP contribution in [0.3, 0.4) is 0 Å². The van der Waals surface area contributed by atoms with E-state index in [1.165, 1.54) is 50.7 Å². The molecule has 4 saturated carbocycles. The van der Waals surface area contributed by atoms with Gasteiger partial charge in [0.25, 0.3) is 5.91 Å². The van der Waals surface area contributed by atoms with Crippen LogP contribution < -0.4 is 0 Å². The van der Waals surface area contributed by atoms with Crippen LogP contribution in [0.2, 0.25) is 0 Å². The number of carbonyl (C=O) groups is 2. The fourth-order valence-corrected chi connectivity index (χ4v) is 7.08. The molecule has 5 aliphatic rings. The number of hydrogen-bond acceptors (Lipinski definition) is 2. The number of benzene rings is 1. The Morgan fingerprint density at radius 3 is 2.03 bits per heavy atom. The molecule has 0 N–H and O–H groups in total. The van der Waals surface area contributed by atoms with Gasteiger partial charge in [-0.15, -0.1) is 0 Å². The molecule has 0 spiro atoms. The highest BCUT2D eigenvalue weighted by atomic mass is 19.1. The molecule has 0 radical (unpaired) electrons. The molecule has 156 valence electrons. The number of halogens is 1. The van der Waals surface area contributed by atoms with Crippen LogP contribution >= 0.6 is 0 Å². The second kappa shape index (κ2) is 7.41. The zero-order chi connectivity index (χ0) is 20.0. The molecule has 2 amide bonds. The summed E-state index contributed by atoms with van der Waals surface area (Å²) in [5.41, 5.74) is 0.779. The lowest BCUT2D eigenvalue weighted by Gasteiger charge is -2.57. The Morgan fingerprint density at radius 2 is 1.41 bits per heavy atom. The monoisotopic (exact) mass is 398 g/mol. The molecule has 1 heterocycles. The molecule has 0 aromatic heterocycles. The van der Waals surface area contributed by atoms with E-state index in [4.69, 9.17) is 0 Å². The van der Waals surface area contributed by atoms with E-state index in [0.29, 0.717) is 37.5 Å². The van der Waals surface area contributed by atoms with E-state index in [1.807, 2.05) is 9.80 Å². The standard InChI is InChI=1S/C24H31FN2O2/c25-21-4-2-20(3-5-21)23(29)27-7-1-6-26(8-9-27)22(28)16-24-13-17-10-18(14-24)12-19(11-17)15-24/h2-5,17-19H,1,6-16H2. The molecule has 0 unspecified atom stereocenters. The predicted octanol–water partition coefficient (Wildman–Crippen LogP) is 4.11. The van der Waals surface area contributed by atoms with Crippen LogP contribution in [0.1, 0.15) is 61.7 Å². The lowest BCUT2D eigenvalue weighted by atomic mass is 9.49. The smallest absolute Gasteiger partial charge is 0.253 e. The first-order chi connectivity index (χ1) is 14.0. The van der Waals surface area contributed by atoms with Crippen molar-refractivity contribution in [1.82, 2.24) is 9.80 Å². The first-order valence-corrected chi connectivity index (χ1v) is 11.3. The molecule has 1 aromatic carbocycles. The van der Waals surface area contributed by atoms with Gasteiger partial charge in [0.2, 0.25) is 5.91 Å². The van der Waals surface area contributed by atoms with E-state index in [9.17, 15) is 14.0 Å². The average Bonchev–Trinajstić information content (AvgIpc) is 2.93.